The van der Waals surface area contributed by atoms with Crippen LogP contribution >= 0.6 is 0 Å². The predicted molar refractivity (Wildman–Crippen MR) is 131 cm³/mol. The molecule has 0 amide bonds. The summed E-state index contributed by atoms with van der Waals surface area (Å²) in [5, 5.41) is 4.76. The number of nitrogens with two attached hydrogens (primary N) is 1. The molecule has 1 aliphatic carbocycles. The first kappa shape index (κ1) is 21.4. The molecule has 0 spiro atoms. The van der Waals surface area contributed by atoms with E-state index in [-0.39, 0.29) is 29.3 Å². The topological polar surface area (TPSA) is 112 Å². The highest BCUT2D eigenvalue weighted by Crippen LogP contribution is 2.38. The number of nitrogens with zero attached hydrogens (tertiary/aromatic N) is 5. The monoisotopic (exact) mass is 453 g/mol. The Bertz CT molecular complexity index is 1480. The summed E-state index contributed by atoms with van der Waals surface area (Å²) in [6, 6.07) is 11.4. The third kappa shape index (κ3) is 3.79. The molecule has 3 heterocycles. The van der Waals surface area contributed by atoms with Gasteiger partial charge in [-0.15, -0.1) is 0 Å². The molecular weight excluding hydrogens is 430 g/mol. The molecule has 170 valence electrons. The van der Waals surface area contributed by atoms with Crippen LogP contribution in [0.25, 0.3) is 26.7 Å². The van der Waals surface area contributed by atoms with Gasteiger partial charge in [-0.2, -0.15) is 0 Å². The van der Waals surface area contributed by atoms with E-state index in [2.05, 4.69) is 25.1 Å². The van der Waals surface area contributed by atoms with Crippen molar-refractivity contribution in [1.82, 2.24) is 19.5 Å². The van der Waals surface area contributed by atoms with E-state index in [0.29, 0.717) is 17.1 Å². The van der Waals surface area contributed by atoms with Gasteiger partial charge in [0.15, 0.2) is 0 Å². The number of fused-ring (bicyclic) bond motifs is 1. The number of hydrogen-bond acceptors (Lipinski definition) is 7. The first-order valence-corrected chi connectivity index (χ1v) is 10.9. The highest BCUT2D eigenvalue weighted by Gasteiger charge is 2.30. The van der Waals surface area contributed by atoms with E-state index >= 15 is 0 Å². The Hall–Kier alpha value is -4.45. The highest BCUT2D eigenvalue weighted by atomic mass is 16.5. The van der Waals surface area contributed by atoms with E-state index in [1.54, 1.807) is 19.4 Å². The Kier molecular flexibility index (Phi) is 5.34. The minimum absolute atomic E-state index is 0.0392. The molecule has 1 aliphatic rings. The average molecular weight is 454 g/mol. The minimum Gasteiger partial charge on any atom is -0.481 e. The summed E-state index contributed by atoms with van der Waals surface area (Å²) < 4.78 is 7.05. The van der Waals surface area contributed by atoms with Gasteiger partial charge in [-0.05, 0) is 42.8 Å². The molecule has 0 aliphatic heterocycles. The Morgan fingerprint density at radius 3 is 2.74 bits per heavy atom. The van der Waals surface area contributed by atoms with Crippen LogP contribution in [0.15, 0.2) is 53.6 Å². The van der Waals surface area contributed by atoms with Crippen LogP contribution in [0.3, 0.4) is 0 Å². The summed E-state index contributed by atoms with van der Waals surface area (Å²) in [4.78, 5) is 29.7. The van der Waals surface area contributed by atoms with Crippen LogP contribution in [0.2, 0.25) is 0 Å². The third-order valence-corrected chi connectivity index (χ3v) is 5.98. The zero-order valence-corrected chi connectivity index (χ0v) is 18.8. The molecule has 4 aromatic rings. The van der Waals surface area contributed by atoms with E-state index < -0.39 is 0 Å². The van der Waals surface area contributed by atoms with Gasteiger partial charge >= 0.3 is 0 Å². The summed E-state index contributed by atoms with van der Waals surface area (Å²) in [5.41, 5.74) is 8.49. The van der Waals surface area contributed by atoms with E-state index in [1.165, 1.54) is 6.20 Å². The number of pyridine rings is 2. The molecule has 0 bridgehead atoms. The lowest BCUT2D eigenvalue weighted by Gasteiger charge is -2.22. The largest absolute Gasteiger partial charge is 0.481 e. The molecule has 0 unspecified atom stereocenters. The zero-order valence-electron chi connectivity index (χ0n) is 18.8. The standard InChI is InChI=1S/C25H23N7O2/c1-14(30-23-19(27-2)13-29-25(26)31-23)20-11-15-5-4-6-18(16-7-10-21(34-3)28-12-16)22(15)24(33)32(20)17-8-9-17/h4-7,10-14,17H,8-9H2,1,3H3,(H3,26,29,30,31)/t14-/m0/s1. The van der Waals surface area contributed by atoms with Crippen molar-refractivity contribution < 1.29 is 4.74 Å². The lowest BCUT2D eigenvalue weighted by Crippen LogP contribution is -2.26. The molecule has 5 rings (SSSR count). The molecule has 0 saturated heterocycles. The van der Waals surface area contributed by atoms with Gasteiger partial charge < -0.3 is 20.4 Å². The second-order valence-corrected chi connectivity index (χ2v) is 8.27. The van der Waals surface area contributed by atoms with Crippen LogP contribution < -0.4 is 21.3 Å². The first-order valence-electron chi connectivity index (χ1n) is 10.9. The van der Waals surface area contributed by atoms with Crippen molar-refractivity contribution >= 4 is 28.2 Å². The number of anilines is 2. The zero-order chi connectivity index (χ0) is 23.8. The lowest BCUT2D eigenvalue weighted by atomic mass is 9.99. The van der Waals surface area contributed by atoms with Crippen molar-refractivity contribution in [3.63, 3.8) is 0 Å². The number of nitrogen functional groups attached to an aromatic ring is 1. The van der Waals surface area contributed by atoms with Crippen LogP contribution in [0.1, 0.15) is 37.5 Å². The number of hydrogen-bond donors (Lipinski definition) is 2. The van der Waals surface area contributed by atoms with Crippen molar-refractivity contribution in [2.45, 2.75) is 31.8 Å². The quantitative estimate of drug-likeness (QED) is 0.413. The highest BCUT2D eigenvalue weighted by molar-refractivity contribution is 5.96. The van der Waals surface area contributed by atoms with Crippen molar-refractivity contribution in [3.05, 3.63) is 76.3 Å². The summed E-state index contributed by atoms with van der Waals surface area (Å²) in [7, 11) is 1.57. The van der Waals surface area contributed by atoms with Crippen LogP contribution in [0.4, 0.5) is 17.5 Å². The Labute approximate surface area is 196 Å². The number of methoxy groups -OCH3 is 1. The molecule has 9 heteroatoms. The number of rotatable bonds is 6. The van der Waals surface area contributed by atoms with Crippen LogP contribution in [-0.4, -0.2) is 26.6 Å². The molecule has 9 nitrogen and oxygen atoms in total. The Morgan fingerprint density at radius 1 is 1.24 bits per heavy atom. The lowest BCUT2D eigenvalue weighted by molar-refractivity contribution is 0.398. The van der Waals surface area contributed by atoms with Gasteiger partial charge in [0.05, 0.1) is 25.1 Å². The van der Waals surface area contributed by atoms with E-state index in [4.69, 9.17) is 17.0 Å². The maximum Gasteiger partial charge on any atom is 0.259 e. The summed E-state index contributed by atoms with van der Waals surface area (Å²) in [5.74, 6) is 0.951. The van der Waals surface area contributed by atoms with Gasteiger partial charge in [-0.3, -0.25) is 4.79 Å². The molecule has 3 aromatic heterocycles. The van der Waals surface area contributed by atoms with Gasteiger partial charge in [0.2, 0.25) is 17.5 Å². The summed E-state index contributed by atoms with van der Waals surface area (Å²) >= 11 is 0. The SMILES string of the molecule is [C-]#[N+]c1cnc(N)nc1N[C@@H](C)c1cc2cccc(-c3ccc(OC)nc3)c2c(=O)n1C1CC1. The van der Waals surface area contributed by atoms with Gasteiger partial charge in [0.25, 0.3) is 5.56 Å². The summed E-state index contributed by atoms with van der Waals surface area (Å²) in [6.45, 7) is 9.34. The number of benzene rings is 1. The molecule has 1 aromatic carbocycles. The third-order valence-electron chi connectivity index (χ3n) is 5.98. The summed E-state index contributed by atoms with van der Waals surface area (Å²) in [6.07, 6.45) is 5.02. The molecule has 0 radical (unpaired) electrons. The minimum atomic E-state index is -0.293. The smallest absolute Gasteiger partial charge is 0.259 e. The number of ether oxygens (including phenoxy) is 1. The van der Waals surface area contributed by atoms with E-state index in [9.17, 15) is 4.79 Å². The van der Waals surface area contributed by atoms with Crippen molar-refractivity contribution in [2.75, 3.05) is 18.2 Å². The maximum atomic E-state index is 13.9. The van der Waals surface area contributed by atoms with E-state index in [0.717, 1.165) is 35.0 Å². The fraction of sp³-hybridized carbons (Fsp3) is 0.240. The molecule has 1 saturated carbocycles. The fourth-order valence-corrected chi connectivity index (χ4v) is 4.20. The van der Waals surface area contributed by atoms with Gasteiger partial charge in [0, 0.05) is 35.8 Å². The molecule has 1 atom stereocenters. The molecule has 3 N–H and O–H groups in total. The molecular formula is C25H23N7O2. The maximum absolute atomic E-state index is 13.9. The van der Waals surface area contributed by atoms with Crippen molar-refractivity contribution in [1.29, 1.82) is 0 Å². The normalized spacial score (nSPS) is 13.9. The molecule has 1 fully saturated rings. The fourth-order valence-electron chi connectivity index (χ4n) is 4.20. The van der Waals surface area contributed by atoms with E-state index in [1.807, 2.05) is 41.8 Å². The number of aromatic nitrogens is 4. The van der Waals surface area contributed by atoms with Gasteiger partial charge in [0.1, 0.15) is 5.82 Å². The second kappa shape index (κ2) is 8.48. The first-order chi connectivity index (χ1) is 16.5. The number of nitrogens with one attached hydrogen (secondary N) is 1. The van der Waals surface area contributed by atoms with Gasteiger partial charge in [-0.25, -0.2) is 19.8 Å². The van der Waals surface area contributed by atoms with Crippen LogP contribution in [0, 0.1) is 6.57 Å². The van der Waals surface area contributed by atoms with Crippen LogP contribution in [0.5, 0.6) is 5.88 Å². The van der Waals surface area contributed by atoms with Crippen molar-refractivity contribution in [3.8, 4) is 17.0 Å². The second-order valence-electron chi connectivity index (χ2n) is 8.27. The predicted octanol–water partition coefficient (Wildman–Crippen LogP) is 4.50. The Balaban J connectivity index is 1.64. The van der Waals surface area contributed by atoms with Gasteiger partial charge in [-0.1, -0.05) is 18.2 Å². The molecule has 34 heavy (non-hydrogen) atoms. The average Bonchev–Trinajstić information content (AvgIpc) is 3.69. The van der Waals surface area contributed by atoms with Crippen molar-refractivity contribution in [2.24, 2.45) is 0 Å². The Morgan fingerprint density at radius 2 is 2.06 bits per heavy atom. The van der Waals surface area contributed by atoms with Crippen LogP contribution in [-0.2, 0) is 0 Å².